The van der Waals surface area contributed by atoms with Crippen molar-refractivity contribution in [3.8, 4) is 0 Å². The average Bonchev–Trinajstić information content (AvgIpc) is 2.38. The first-order chi connectivity index (χ1) is 8.95. The van der Waals surface area contributed by atoms with Crippen molar-refractivity contribution in [1.29, 1.82) is 0 Å². The number of para-hydroxylation sites is 1. The molecule has 3 nitrogen and oxygen atoms in total. The van der Waals surface area contributed by atoms with Gasteiger partial charge in [-0.1, -0.05) is 32.0 Å². The molecule has 0 spiro atoms. The van der Waals surface area contributed by atoms with Crippen LogP contribution in [0, 0.1) is 6.92 Å². The Kier molecular flexibility index (Phi) is 6.38. The van der Waals surface area contributed by atoms with E-state index in [2.05, 4.69) is 12.2 Å². The predicted molar refractivity (Wildman–Crippen MR) is 82.8 cm³/mol. The molecular formula is C15H23NO2S. The van der Waals surface area contributed by atoms with Crippen LogP contribution in [0.3, 0.4) is 0 Å². The zero-order valence-corrected chi connectivity index (χ0v) is 12.9. The highest BCUT2D eigenvalue weighted by Crippen LogP contribution is 2.22. The second-order valence-corrected chi connectivity index (χ2v) is 6.13. The second kappa shape index (κ2) is 7.56. The van der Waals surface area contributed by atoms with Gasteiger partial charge >= 0.3 is 0 Å². The van der Waals surface area contributed by atoms with Crippen molar-refractivity contribution in [1.82, 2.24) is 0 Å². The number of thioether (sulfide) groups is 1. The Morgan fingerprint density at radius 1 is 1.42 bits per heavy atom. The van der Waals surface area contributed by atoms with Crippen molar-refractivity contribution in [2.24, 2.45) is 0 Å². The molecule has 0 fully saturated rings. The summed E-state index contributed by atoms with van der Waals surface area (Å²) in [4.78, 5) is 11.9. The summed E-state index contributed by atoms with van der Waals surface area (Å²) in [6.07, 6.45) is 0.497. The largest absolute Gasteiger partial charge is 0.392 e. The molecule has 0 radical (unpaired) electrons. The normalized spacial score (nSPS) is 13.9. The highest BCUT2D eigenvalue weighted by Gasteiger charge is 2.13. The van der Waals surface area contributed by atoms with Crippen LogP contribution in [-0.4, -0.2) is 28.1 Å². The first-order valence-corrected chi connectivity index (χ1v) is 7.68. The van der Waals surface area contributed by atoms with Crippen LogP contribution in [0.5, 0.6) is 0 Å². The third-order valence-electron chi connectivity index (χ3n) is 3.16. The van der Waals surface area contributed by atoms with E-state index in [1.165, 1.54) is 11.8 Å². The predicted octanol–water partition coefficient (Wildman–Crippen LogP) is 3.00. The molecule has 106 valence electrons. The standard InChI is InChI=1S/C15H23NO2S/c1-5-13-8-6-7-10(2)15(13)16-14(18)9-19-12(4)11(3)17/h6-8,11-12,17H,5,9H2,1-4H3,(H,16,18). The second-order valence-electron chi connectivity index (χ2n) is 4.77. The summed E-state index contributed by atoms with van der Waals surface area (Å²) < 4.78 is 0. The molecule has 1 amide bonds. The number of aliphatic hydroxyl groups is 1. The summed E-state index contributed by atoms with van der Waals surface area (Å²) in [5, 5.41) is 12.4. The summed E-state index contributed by atoms with van der Waals surface area (Å²) in [6, 6.07) is 6.04. The maximum atomic E-state index is 11.9. The Bertz CT molecular complexity index is 432. The molecular weight excluding hydrogens is 258 g/mol. The number of nitrogens with one attached hydrogen (secondary N) is 1. The van der Waals surface area contributed by atoms with E-state index in [9.17, 15) is 9.90 Å². The molecule has 0 aromatic heterocycles. The van der Waals surface area contributed by atoms with E-state index >= 15 is 0 Å². The number of hydrogen-bond donors (Lipinski definition) is 2. The number of amides is 1. The molecule has 0 heterocycles. The molecule has 0 bridgehead atoms. The topological polar surface area (TPSA) is 49.3 Å². The Labute approximate surface area is 119 Å². The van der Waals surface area contributed by atoms with Crippen LogP contribution < -0.4 is 5.32 Å². The number of rotatable bonds is 6. The smallest absolute Gasteiger partial charge is 0.234 e. The van der Waals surface area contributed by atoms with Gasteiger partial charge in [0.25, 0.3) is 0 Å². The van der Waals surface area contributed by atoms with E-state index in [4.69, 9.17) is 0 Å². The van der Waals surface area contributed by atoms with Gasteiger partial charge in [0, 0.05) is 10.9 Å². The van der Waals surface area contributed by atoms with Crippen LogP contribution >= 0.6 is 11.8 Å². The van der Waals surface area contributed by atoms with E-state index in [1.54, 1.807) is 6.92 Å². The Morgan fingerprint density at radius 2 is 2.11 bits per heavy atom. The number of aliphatic hydroxyl groups excluding tert-OH is 1. The van der Waals surface area contributed by atoms with Crippen molar-refractivity contribution in [3.05, 3.63) is 29.3 Å². The van der Waals surface area contributed by atoms with Crippen molar-refractivity contribution in [2.75, 3.05) is 11.1 Å². The summed E-state index contributed by atoms with van der Waals surface area (Å²) in [6.45, 7) is 7.75. The minimum atomic E-state index is -0.400. The molecule has 4 heteroatoms. The van der Waals surface area contributed by atoms with Crippen LogP contribution in [0.1, 0.15) is 31.9 Å². The van der Waals surface area contributed by atoms with Gasteiger partial charge in [-0.25, -0.2) is 0 Å². The number of aryl methyl sites for hydroxylation is 2. The Balaban J connectivity index is 2.62. The third kappa shape index (κ3) is 4.88. The molecule has 19 heavy (non-hydrogen) atoms. The van der Waals surface area contributed by atoms with Gasteiger partial charge in [-0.15, -0.1) is 11.8 Å². The number of hydrogen-bond acceptors (Lipinski definition) is 3. The first-order valence-electron chi connectivity index (χ1n) is 6.63. The lowest BCUT2D eigenvalue weighted by atomic mass is 10.1. The van der Waals surface area contributed by atoms with Gasteiger partial charge in [-0.3, -0.25) is 4.79 Å². The SMILES string of the molecule is CCc1cccc(C)c1NC(=O)CSC(C)C(C)O. The molecule has 1 rings (SSSR count). The highest BCUT2D eigenvalue weighted by molar-refractivity contribution is 8.00. The molecule has 0 saturated carbocycles. The van der Waals surface area contributed by atoms with Crippen LogP contribution in [0.4, 0.5) is 5.69 Å². The zero-order chi connectivity index (χ0) is 14.4. The van der Waals surface area contributed by atoms with Crippen LogP contribution in [0.2, 0.25) is 0 Å². The maximum absolute atomic E-state index is 11.9. The molecule has 0 aliphatic heterocycles. The van der Waals surface area contributed by atoms with E-state index in [0.717, 1.165) is 23.2 Å². The fourth-order valence-corrected chi connectivity index (χ4v) is 2.49. The minimum absolute atomic E-state index is 0.0125. The fourth-order valence-electron chi connectivity index (χ4n) is 1.72. The monoisotopic (exact) mass is 281 g/mol. The molecule has 1 aromatic carbocycles. The fraction of sp³-hybridized carbons (Fsp3) is 0.533. The Morgan fingerprint density at radius 3 is 2.68 bits per heavy atom. The van der Waals surface area contributed by atoms with Gasteiger partial charge in [0.15, 0.2) is 0 Å². The molecule has 2 N–H and O–H groups in total. The molecule has 2 atom stereocenters. The van der Waals surface area contributed by atoms with Gasteiger partial charge in [0.2, 0.25) is 5.91 Å². The van der Waals surface area contributed by atoms with E-state index in [0.29, 0.717) is 5.75 Å². The van der Waals surface area contributed by atoms with Gasteiger partial charge in [0.05, 0.1) is 11.9 Å². The van der Waals surface area contributed by atoms with Crippen LogP contribution in [-0.2, 0) is 11.2 Å². The van der Waals surface area contributed by atoms with Crippen molar-refractivity contribution < 1.29 is 9.90 Å². The van der Waals surface area contributed by atoms with Gasteiger partial charge in [-0.2, -0.15) is 0 Å². The summed E-state index contributed by atoms with van der Waals surface area (Å²) in [5.74, 6) is 0.352. The zero-order valence-electron chi connectivity index (χ0n) is 12.1. The van der Waals surface area contributed by atoms with Crippen LogP contribution in [0.25, 0.3) is 0 Å². The summed E-state index contributed by atoms with van der Waals surface area (Å²) >= 11 is 1.47. The number of benzene rings is 1. The lowest BCUT2D eigenvalue weighted by Gasteiger charge is -2.15. The first kappa shape index (κ1) is 16.1. The van der Waals surface area contributed by atoms with E-state index in [1.807, 2.05) is 32.0 Å². The quantitative estimate of drug-likeness (QED) is 0.842. The summed E-state index contributed by atoms with van der Waals surface area (Å²) in [7, 11) is 0. The number of anilines is 1. The lowest BCUT2D eigenvalue weighted by molar-refractivity contribution is -0.113. The third-order valence-corrected chi connectivity index (χ3v) is 4.51. The summed E-state index contributed by atoms with van der Waals surface area (Å²) in [5.41, 5.74) is 3.17. The van der Waals surface area contributed by atoms with Crippen molar-refractivity contribution >= 4 is 23.4 Å². The van der Waals surface area contributed by atoms with Gasteiger partial charge in [-0.05, 0) is 31.4 Å². The molecule has 0 aliphatic rings. The van der Waals surface area contributed by atoms with Crippen molar-refractivity contribution in [3.63, 3.8) is 0 Å². The van der Waals surface area contributed by atoms with Crippen LogP contribution in [0.15, 0.2) is 18.2 Å². The highest BCUT2D eigenvalue weighted by atomic mass is 32.2. The lowest BCUT2D eigenvalue weighted by Crippen LogP contribution is -2.21. The minimum Gasteiger partial charge on any atom is -0.392 e. The molecule has 0 saturated heterocycles. The number of carbonyl (C=O) groups is 1. The van der Waals surface area contributed by atoms with Crippen molar-refractivity contribution in [2.45, 2.75) is 45.5 Å². The molecule has 1 aromatic rings. The van der Waals surface area contributed by atoms with E-state index in [-0.39, 0.29) is 11.2 Å². The van der Waals surface area contributed by atoms with Gasteiger partial charge < -0.3 is 10.4 Å². The average molecular weight is 281 g/mol. The van der Waals surface area contributed by atoms with Gasteiger partial charge in [0.1, 0.15) is 0 Å². The maximum Gasteiger partial charge on any atom is 0.234 e. The number of carbonyl (C=O) groups excluding carboxylic acids is 1. The molecule has 2 unspecified atom stereocenters. The van der Waals surface area contributed by atoms with E-state index < -0.39 is 6.10 Å². The molecule has 0 aliphatic carbocycles. The Hall–Kier alpha value is -1.000.